The zero-order valence-electron chi connectivity index (χ0n) is 31.7. The van der Waals surface area contributed by atoms with Gasteiger partial charge in [0.25, 0.3) is 0 Å². The minimum absolute atomic E-state index is 1.13. The summed E-state index contributed by atoms with van der Waals surface area (Å²) in [5, 5.41) is 7.06. The molecule has 4 nitrogen and oxygen atoms in total. The fourth-order valence-electron chi connectivity index (χ4n) is 6.79. The second-order valence-corrected chi connectivity index (χ2v) is 14.3. The van der Waals surface area contributed by atoms with Gasteiger partial charge in [-0.25, -0.2) is 10.1 Å². The van der Waals surface area contributed by atoms with Gasteiger partial charge in [0.2, 0.25) is 0 Å². The van der Waals surface area contributed by atoms with Crippen molar-refractivity contribution in [3.63, 3.8) is 0 Å². The molecule has 1 aromatic carbocycles. The molecule has 1 aromatic rings. The van der Waals surface area contributed by atoms with E-state index in [-0.39, 0.29) is 0 Å². The second kappa shape index (κ2) is 30.3. The summed E-state index contributed by atoms with van der Waals surface area (Å²) >= 11 is 0. The Morgan fingerprint density at radius 3 is 1.21 bits per heavy atom. The van der Waals surface area contributed by atoms with E-state index < -0.39 is 0 Å². The van der Waals surface area contributed by atoms with E-state index in [1.165, 1.54) is 191 Å². The summed E-state index contributed by atoms with van der Waals surface area (Å²) in [6.07, 6.45) is 47.9. The molecule has 1 heterocycles. The van der Waals surface area contributed by atoms with Crippen LogP contribution in [0.5, 0.6) is 0 Å². The minimum Gasteiger partial charge on any atom is -0.290 e. The third-order valence-corrected chi connectivity index (χ3v) is 9.85. The van der Waals surface area contributed by atoms with Crippen molar-refractivity contribution in [2.75, 3.05) is 30.3 Å². The normalized spacial score (nSPS) is 13.3. The first-order chi connectivity index (χ1) is 23.3. The number of anilines is 2. The molecule has 270 valence electrons. The maximum atomic E-state index is 3.61. The van der Waals surface area contributed by atoms with Gasteiger partial charge in [0.1, 0.15) is 0 Å². The molecule has 47 heavy (non-hydrogen) atoms. The number of benzene rings is 1. The number of hydrogen-bond donors (Lipinski definition) is 1. The summed E-state index contributed by atoms with van der Waals surface area (Å²) in [5.41, 5.74) is 6.15. The van der Waals surface area contributed by atoms with Gasteiger partial charge < -0.3 is 0 Å². The van der Waals surface area contributed by atoms with Crippen LogP contribution in [0, 0.1) is 0 Å². The summed E-state index contributed by atoms with van der Waals surface area (Å²) in [7, 11) is 2.13. The lowest BCUT2D eigenvalue weighted by Crippen LogP contribution is -2.53. The minimum atomic E-state index is 1.13. The molecule has 0 amide bonds. The van der Waals surface area contributed by atoms with Crippen molar-refractivity contribution in [2.24, 2.45) is 0 Å². The van der Waals surface area contributed by atoms with Crippen LogP contribution in [0.1, 0.15) is 194 Å². The number of allylic oxidation sites excluding steroid dienone is 4. The molecular weight excluding hydrogens is 573 g/mol. The van der Waals surface area contributed by atoms with Crippen LogP contribution in [-0.2, 0) is 0 Å². The lowest BCUT2D eigenvalue weighted by Gasteiger charge is -2.33. The topological polar surface area (TPSA) is 21.8 Å². The molecule has 2 rings (SSSR count). The van der Waals surface area contributed by atoms with Crippen molar-refractivity contribution in [3.8, 4) is 0 Å². The van der Waals surface area contributed by atoms with E-state index in [9.17, 15) is 0 Å². The number of hydrazine groups is 3. The fraction of sp³-hybridized carbons (Fsp3) is 0.767. The zero-order valence-corrected chi connectivity index (χ0v) is 31.7. The van der Waals surface area contributed by atoms with Crippen LogP contribution in [0.25, 0.3) is 0 Å². The summed E-state index contributed by atoms with van der Waals surface area (Å²) in [5.74, 6) is 0. The Morgan fingerprint density at radius 1 is 0.468 bits per heavy atom. The molecule has 4 heteroatoms. The van der Waals surface area contributed by atoms with Crippen LogP contribution in [0.3, 0.4) is 0 Å². The van der Waals surface area contributed by atoms with Crippen molar-refractivity contribution in [3.05, 3.63) is 48.6 Å². The molecule has 0 saturated heterocycles. The summed E-state index contributed by atoms with van der Waals surface area (Å²) in [6, 6.07) is 8.78. The van der Waals surface area contributed by atoms with Gasteiger partial charge in [0.15, 0.2) is 0 Å². The Balaban J connectivity index is 1.55. The highest BCUT2D eigenvalue weighted by molar-refractivity contribution is 5.73. The summed E-state index contributed by atoms with van der Waals surface area (Å²) < 4.78 is 0. The maximum absolute atomic E-state index is 3.61. The highest BCUT2D eigenvalue weighted by atomic mass is 15.9. The van der Waals surface area contributed by atoms with E-state index in [1.807, 2.05) is 0 Å². The van der Waals surface area contributed by atoms with E-state index >= 15 is 0 Å². The first-order valence-electron chi connectivity index (χ1n) is 20.7. The van der Waals surface area contributed by atoms with E-state index in [1.54, 1.807) is 0 Å². The van der Waals surface area contributed by atoms with E-state index in [2.05, 4.69) is 90.1 Å². The Bertz CT molecular complexity index is 838. The molecule has 0 unspecified atom stereocenters. The average molecular weight is 651 g/mol. The Morgan fingerprint density at radius 2 is 0.809 bits per heavy atom. The summed E-state index contributed by atoms with van der Waals surface area (Å²) in [6.45, 7) is 6.84. The molecule has 0 radical (unpaired) electrons. The molecule has 0 bridgehead atoms. The lowest BCUT2D eigenvalue weighted by atomic mass is 10.1. The van der Waals surface area contributed by atoms with Gasteiger partial charge in [-0.3, -0.25) is 5.01 Å². The van der Waals surface area contributed by atoms with E-state index in [4.69, 9.17) is 0 Å². The van der Waals surface area contributed by atoms with Gasteiger partial charge in [-0.2, -0.15) is 0 Å². The molecule has 1 aliphatic heterocycles. The highest BCUT2D eigenvalue weighted by Crippen LogP contribution is 2.33. The van der Waals surface area contributed by atoms with Crippen molar-refractivity contribution in [1.29, 1.82) is 0 Å². The van der Waals surface area contributed by atoms with Crippen molar-refractivity contribution < 1.29 is 0 Å². The monoisotopic (exact) mass is 651 g/mol. The van der Waals surface area contributed by atoms with Crippen molar-refractivity contribution >= 4 is 11.4 Å². The van der Waals surface area contributed by atoms with E-state index in [0.717, 1.165) is 13.1 Å². The van der Waals surface area contributed by atoms with Crippen LogP contribution >= 0.6 is 0 Å². The smallest absolute Gasteiger partial charge is 0.0971 e. The van der Waals surface area contributed by atoms with Gasteiger partial charge >= 0.3 is 0 Å². The molecule has 0 fully saturated rings. The highest BCUT2D eigenvalue weighted by Gasteiger charge is 2.27. The third kappa shape index (κ3) is 21.0. The van der Waals surface area contributed by atoms with Crippen molar-refractivity contribution in [1.82, 2.24) is 10.5 Å². The number of nitrogens with zero attached hydrogens (tertiary/aromatic N) is 3. The predicted octanol–water partition coefficient (Wildman–Crippen LogP) is 13.7. The average Bonchev–Trinajstić information content (AvgIpc) is 3.42. The summed E-state index contributed by atoms with van der Waals surface area (Å²) in [4.78, 5) is 0. The second-order valence-electron chi connectivity index (χ2n) is 14.3. The molecule has 1 aliphatic rings. The first kappa shape index (κ1) is 41.4. The standard InChI is InChI=1S/C43H78N4/c1-4-6-8-10-12-14-16-18-20-22-24-26-28-30-32-36-40-46(47-43-39-35-34-38-42(43)45(3)44-47)41-37-33-31-29-27-25-23-21-19-17-15-13-11-9-7-5-2/h18-21,34-35,38-39,44H,4-17,22-33,36-37,40-41H2,1-3H3. The van der Waals surface area contributed by atoms with Crippen LogP contribution in [-0.4, -0.2) is 25.1 Å². The van der Waals surface area contributed by atoms with Gasteiger partial charge in [-0.1, -0.05) is 166 Å². The molecule has 0 spiro atoms. The molecule has 0 aromatic heterocycles. The molecule has 0 saturated carbocycles. The number of para-hydroxylation sites is 2. The third-order valence-electron chi connectivity index (χ3n) is 9.85. The Kier molecular flexibility index (Phi) is 26.7. The Labute approximate surface area is 293 Å². The van der Waals surface area contributed by atoms with Gasteiger partial charge in [0.05, 0.1) is 11.4 Å². The largest absolute Gasteiger partial charge is 0.290 e. The molecule has 0 aliphatic carbocycles. The van der Waals surface area contributed by atoms with Crippen LogP contribution < -0.4 is 15.7 Å². The Hall–Kier alpha value is -1.78. The number of unbranched alkanes of at least 4 members (excludes halogenated alkanes) is 24. The number of nitrogens with one attached hydrogen (secondary N) is 1. The van der Waals surface area contributed by atoms with Crippen LogP contribution in [0.2, 0.25) is 0 Å². The predicted molar refractivity (Wildman–Crippen MR) is 211 cm³/mol. The first-order valence-corrected chi connectivity index (χ1v) is 20.7. The molecule has 0 atom stereocenters. The van der Waals surface area contributed by atoms with Crippen LogP contribution in [0.15, 0.2) is 48.6 Å². The van der Waals surface area contributed by atoms with E-state index in [0.29, 0.717) is 0 Å². The lowest BCUT2D eigenvalue weighted by molar-refractivity contribution is 0.215. The number of rotatable bonds is 33. The van der Waals surface area contributed by atoms with Gasteiger partial charge in [0, 0.05) is 20.1 Å². The van der Waals surface area contributed by atoms with Crippen LogP contribution in [0.4, 0.5) is 11.4 Å². The number of fused-ring (bicyclic) bond motifs is 1. The SMILES string of the molecule is CCCCCCCCC=CCCCCCCCCN(CCCCCCCCC=CCCCCCCCC)N1NN(C)c2ccccc21. The quantitative estimate of drug-likeness (QED) is 0.0603. The van der Waals surface area contributed by atoms with Gasteiger partial charge in [-0.05, 0) is 76.3 Å². The maximum Gasteiger partial charge on any atom is 0.0971 e. The zero-order chi connectivity index (χ0) is 33.5. The molecule has 1 N–H and O–H groups in total. The molecular formula is C43H78N4. The number of hydrogen-bond acceptors (Lipinski definition) is 4. The van der Waals surface area contributed by atoms with Gasteiger partial charge in [-0.15, -0.1) is 5.53 Å². The fourth-order valence-corrected chi connectivity index (χ4v) is 6.79. The van der Waals surface area contributed by atoms with Crippen molar-refractivity contribution in [2.45, 2.75) is 194 Å².